The first-order chi connectivity index (χ1) is 9.86. The van der Waals surface area contributed by atoms with Gasteiger partial charge in [-0.05, 0) is 58.2 Å². The highest BCUT2D eigenvalue weighted by Gasteiger charge is 2.30. The molecule has 2 rings (SSSR count). The molecule has 0 fully saturated rings. The van der Waals surface area contributed by atoms with Gasteiger partial charge in [0.1, 0.15) is 0 Å². The number of nitrogens with two attached hydrogens (primary N) is 1. The lowest BCUT2D eigenvalue weighted by atomic mass is 10.1. The van der Waals surface area contributed by atoms with Crippen LogP contribution in [-0.4, -0.2) is 6.54 Å². The van der Waals surface area contributed by atoms with Crippen LogP contribution in [0.15, 0.2) is 46.9 Å². The molecule has 2 aromatic carbocycles. The predicted octanol–water partition coefficient (Wildman–Crippen LogP) is 4.70. The zero-order valence-corrected chi connectivity index (χ0v) is 12.6. The summed E-state index contributed by atoms with van der Waals surface area (Å²) in [6.45, 7) is 0.619. The number of rotatable bonds is 4. The number of nitrogens with one attached hydrogen (secondary N) is 1. The summed E-state index contributed by atoms with van der Waals surface area (Å²) in [5.41, 5.74) is 7.39. The summed E-state index contributed by atoms with van der Waals surface area (Å²) in [5.74, 6) is 0. The fourth-order valence-electron chi connectivity index (χ4n) is 1.86. The molecule has 0 unspecified atom stereocenters. The number of nitrogen functional groups attached to an aromatic ring is 1. The monoisotopic (exact) mass is 358 g/mol. The lowest BCUT2D eigenvalue weighted by Gasteiger charge is -2.12. The van der Waals surface area contributed by atoms with Gasteiger partial charge in [-0.1, -0.05) is 12.1 Å². The molecule has 0 aliphatic heterocycles. The number of halogens is 4. The van der Waals surface area contributed by atoms with Gasteiger partial charge in [0.25, 0.3) is 0 Å². The molecule has 21 heavy (non-hydrogen) atoms. The van der Waals surface area contributed by atoms with Crippen LogP contribution in [0.5, 0.6) is 0 Å². The third kappa shape index (κ3) is 4.39. The second-order valence-corrected chi connectivity index (χ2v) is 5.47. The zero-order valence-electron chi connectivity index (χ0n) is 11.0. The van der Waals surface area contributed by atoms with Crippen LogP contribution >= 0.6 is 15.9 Å². The maximum atomic E-state index is 12.6. The summed E-state index contributed by atoms with van der Waals surface area (Å²) in [7, 11) is 0. The van der Waals surface area contributed by atoms with Crippen molar-refractivity contribution < 1.29 is 13.2 Å². The van der Waals surface area contributed by atoms with Gasteiger partial charge in [-0.15, -0.1) is 0 Å². The maximum absolute atomic E-state index is 12.6. The Morgan fingerprint density at radius 3 is 2.29 bits per heavy atom. The molecule has 2 nitrogen and oxygen atoms in total. The minimum absolute atomic E-state index is 0.398. The number of benzene rings is 2. The first-order valence-corrected chi connectivity index (χ1v) is 7.10. The average Bonchev–Trinajstić information content (AvgIpc) is 2.41. The van der Waals surface area contributed by atoms with Gasteiger partial charge in [0.2, 0.25) is 0 Å². The first-order valence-electron chi connectivity index (χ1n) is 6.31. The van der Waals surface area contributed by atoms with Gasteiger partial charge in [-0.2, -0.15) is 13.2 Å². The summed E-state index contributed by atoms with van der Waals surface area (Å²) in [5, 5.41) is 3.11. The van der Waals surface area contributed by atoms with Gasteiger partial charge in [0.05, 0.1) is 5.56 Å². The molecule has 0 saturated carbocycles. The number of anilines is 2. The maximum Gasteiger partial charge on any atom is 0.416 e. The molecule has 3 N–H and O–H groups in total. The molecular weight excluding hydrogens is 345 g/mol. The molecule has 0 radical (unpaired) electrons. The van der Waals surface area contributed by atoms with Crippen molar-refractivity contribution in [3.63, 3.8) is 0 Å². The summed E-state index contributed by atoms with van der Waals surface area (Å²) in [4.78, 5) is 0. The molecule has 0 bridgehead atoms. The first kappa shape index (κ1) is 15.7. The van der Waals surface area contributed by atoms with Crippen molar-refractivity contribution in [3.05, 3.63) is 58.1 Å². The van der Waals surface area contributed by atoms with E-state index in [0.29, 0.717) is 22.4 Å². The van der Waals surface area contributed by atoms with Gasteiger partial charge in [0.15, 0.2) is 0 Å². The molecule has 0 spiro atoms. The van der Waals surface area contributed by atoms with E-state index < -0.39 is 11.7 Å². The summed E-state index contributed by atoms with van der Waals surface area (Å²) in [6, 6.07) is 11.1. The molecule has 112 valence electrons. The molecule has 0 saturated heterocycles. The fraction of sp³-hybridized carbons (Fsp3) is 0.200. The van der Waals surface area contributed by atoms with Crippen molar-refractivity contribution in [1.29, 1.82) is 0 Å². The zero-order chi connectivity index (χ0) is 15.5. The molecular formula is C15H14BrF3N2. The van der Waals surface area contributed by atoms with Crippen molar-refractivity contribution in [3.8, 4) is 0 Å². The fourth-order valence-corrected chi connectivity index (χ4v) is 2.38. The third-order valence-electron chi connectivity index (χ3n) is 3.01. The topological polar surface area (TPSA) is 38.0 Å². The second-order valence-electron chi connectivity index (χ2n) is 4.61. The molecule has 2 aromatic rings. The van der Waals surface area contributed by atoms with E-state index in [0.717, 1.165) is 24.1 Å². The number of hydrogen-bond acceptors (Lipinski definition) is 2. The number of alkyl halides is 3. The third-order valence-corrected chi connectivity index (χ3v) is 3.66. The Labute approximate surface area is 129 Å². The van der Waals surface area contributed by atoms with E-state index in [-0.39, 0.29) is 0 Å². The Morgan fingerprint density at radius 1 is 1.05 bits per heavy atom. The smallest absolute Gasteiger partial charge is 0.399 e. The Kier molecular flexibility index (Phi) is 4.77. The van der Waals surface area contributed by atoms with Crippen LogP contribution in [0.25, 0.3) is 0 Å². The van der Waals surface area contributed by atoms with Crippen LogP contribution in [0.4, 0.5) is 24.5 Å². The molecule has 0 amide bonds. The minimum Gasteiger partial charge on any atom is -0.399 e. The summed E-state index contributed by atoms with van der Waals surface area (Å²) >= 11 is 3.16. The van der Waals surface area contributed by atoms with Crippen LogP contribution in [0.1, 0.15) is 11.1 Å². The highest BCUT2D eigenvalue weighted by atomic mass is 79.9. The molecule has 0 atom stereocenters. The van der Waals surface area contributed by atoms with E-state index in [4.69, 9.17) is 5.73 Å². The van der Waals surface area contributed by atoms with E-state index >= 15 is 0 Å². The molecule has 6 heteroatoms. The van der Waals surface area contributed by atoms with Crippen LogP contribution in [0.3, 0.4) is 0 Å². The van der Waals surface area contributed by atoms with Crippen molar-refractivity contribution in [2.75, 3.05) is 17.6 Å². The Hall–Kier alpha value is -1.69. The SMILES string of the molecule is Nc1ccc(CCNc2ccc(C(F)(F)F)cc2Br)cc1. The van der Waals surface area contributed by atoms with Gasteiger partial charge < -0.3 is 11.1 Å². The molecule has 0 aliphatic rings. The average molecular weight is 359 g/mol. The van der Waals surface area contributed by atoms with Crippen molar-refractivity contribution in [2.45, 2.75) is 12.6 Å². The van der Waals surface area contributed by atoms with Crippen LogP contribution < -0.4 is 11.1 Å². The van der Waals surface area contributed by atoms with E-state index in [9.17, 15) is 13.2 Å². The summed E-state index contributed by atoms with van der Waals surface area (Å²) in [6.07, 6.45) is -3.57. The number of hydrogen-bond donors (Lipinski definition) is 2. The highest BCUT2D eigenvalue weighted by Crippen LogP contribution is 2.33. The quantitative estimate of drug-likeness (QED) is 0.777. The molecule has 0 aliphatic carbocycles. The van der Waals surface area contributed by atoms with E-state index in [1.807, 2.05) is 24.3 Å². The standard InChI is InChI=1S/C15H14BrF3N2/c16-13-9-11(15(17,18)19)3-6-14(13)21-8-7-10-1-4-12(20)5-2-10/h1-6,9,21H,7-8,20H2. The van der Waals surface area contributed by atoms with Gasteiger partial charge in [-0.3, -0.25) is 0 Å². The van der Waals surface area contributed by atoms with Crippen molar-refractivity contribution in [2.24, 2.45) is 0 Å². The second kappa shape index (κ2) is 6.39. The van der Waals surface area contributed by atoms with E-state index in [2.05, 4.69) is 21.2 Å². The minimum atomic E-state index is -4.33. The van der Waals surface area contributed by atoms with Crippen LogP contribution in [0, 0.1) is 0 Å². The van der Waals surface area contributed by atoms with E-state index in [1.54, 1.807) is 0 Å². The predicted molar refractivity (Wildman–Crippen MR) is 82.2 cm³/mol. The lowest BCUT2D eigenvalue weighted by Crippen LogP contribution is -2.08. The Morgan fingerprint density at radius 2 is 1.71 bits per heavy atom. The lowest BCUT2D eigenvalue weighted by molar-refractivity contribution is -0.137. The van der Waals surface area contributed by atoms with Crippen LogP contribution in [-0.2, 0) is 12.6 Å². The van der Waals surface area contributed by atoms with E-state index in [1.165, 1.54) is 6.07 Å². The normalized spacial score (nSPS) is 11.4. The van der Waals surface area contributed by atoms with Crippen molar-refractivity contribution in [1.82, 2.24) is 0 Å². The molecule has 0 heterocycles. The molecule has 0 aromatic heterocycles. The van der Waals surface area contributed by atoms with Crippen molar-refractivity contribution >= 4 is 27.3 Å². The highest BCUT2D eigenvalue weighted by molar-refractivity contribution is 9.10. The van der Waals surface area contributed by atoms with Gasteiger partial charge in [-0.25, -0.2) is 0 Å². The Balaban J connectivity index is 1.96. The summed E-state index contributed by atoms with van der Waals surface area (Å²) < 4.78 is 38.1. The van der Waals surface area contributed by atoms with Gasteiger partial charge >= 0.3 is 6.18 Å². The van der Waals surface area contributed by atoms with Gasteiger partial charge in [0, 0.05) is 22.4 Å². The largest absolute Gasteiger partial charge is 0.416 e. The van der Waals surface area contributed by atoms with Crippen LogP contribution in [0.2, 0.25) is 0 Å². The Bertz CT molecular complexity index is 609.